The molecule has 1 atom stereocenters. The van der Waals surface area contributed by atoms with Crippen LogP contribution >= 0.6 is 15.9 Å². The molecule has 0 saturated carbocycles. The second kappa shape index (κ2) is 7.09. The maximum absolute atomic E-state index is 10.6. The van der Waals surface area contributed by atoms with Gasteiger partial charge in [0.25, 0.3) is 0 Å². The fourth-order valence-corrected chi connectivity index (χ4v) is 3.21. The largest absolute Gasteiger partial charge is 0.478 e. The van der Waals surface area contributed by atoms with E-state index < -0.39 is 5.97 Å². The highest BCUT2D eigenvalue weighted by atomic mass is 79.9. The Kier molecular flexibility index (Phi) is 5.42. The Morgan fingerprint density at radius 1 is 1.48 bits per heavy atom. The number of carboxylic acid groups (broad SMARTS) is 1. The Morgan fingerprint density at radius 2 is 2.24 bits per heavy atom. The molecule has 1 N–H and O–H groups in total. The second-order valence-corrected chi connectivity index (χ2v) is 6.16. The second-order valence-electron chi connectivity index (χ2n) is 5.30. The van der Waals surface area contributed by atoms with Crippen molar-refractivity contribution in [3.05, 3.63) is 34.3 Å². The predicted molar refractivity (Wildman–Crippen MR) is 89.7 cm³/mol. The fourth-order valence-electron chi connectivity index (χ4n) is 2.71. The summed E-state index contributed by atoms with van der Waals surface area (Å²) in [6, 6.07) is 6.63. The van der Waals surface area contributed by atoms with Crippen LogP contribution in [0.15, 0.2) is 28.7 Å². The first-order chi connectivity index (χ1) is 10.0. The highest BCUT2D eigenvalue weighted by Gasteiger charge is 2.22. The number of rotatable bonds is 4. The first-order valence-electron chi connectivity index (χ1n) is 7.20. The van der Waals surface area contributed by atoms with Crippen LogP contribution in [0.3, 0.4) is 0 Å². The molecule has 1 saturated heterocycles. The zero-order valence-corrected chi connectivity index (χ0v) is 14.0. The van der Waals surface area contributed by atoms with E-state index in [4.69, 9.17) is 5.11 Å². The SMILES string of the molecule is CCN1CCN(c2ccc(/C=C/C(=O)O)c(Br)c2)CC1C. The van der Waals surface area contributed by atoms with Crippen molar-refractivity contribution < 1.29 is 9.90 Å². The number of aliphatic carboxylic acids is 1. The van der Waals surface area contributed by atoms with Gasteiger partial charge in [0.05, 0.1) is 0 Å². The average molecular weight is 353 g/mol. The molecule has 0 amide bonds. The van der Waals surface area contributed by atoms with Crippen molar-refractivity contribution in [2.75, 3.05) is 31.1 Å². The van der Waals surface area contributed by atoms with Crippen LogP contribution in [-0.4, -0.2) is 48.2 Å². The van der Waals surface area contributed by atoms with E-state index in [0.717, 1.165) is 42.3 Å². The molecule has 0 radical (unpaired) electrons. The summed E-state index contributed by atoms with van der Waals surface area (Å²) >= 11 is 3.52. The summed E-state index contributed by atoms with van der Waals surface area (Å²) in [5.74, 6) is -0.935. The minimum atomic E-state index is -0.935. The topological polar surface area (TPSA) is 43.8 Å². The number of piperazine rings is 1. The Morgan fingerprint density at radius 3 is 2.81 bits per heavy atom. The molecule has 1 fully saturated rings. The number of carbonyl (C=O) groups is 1. The standard InChI is InChI=1S/C16H21BrN2O2/c1-3-18-8-9-19(11-12(18)2)14-6-4-13(15(17)10-14)5-7-16(20)21/h4-7,10,12H,3,8-9,11H2,1-2H3,(H,20,21)/b7-5+. The van der Waals surface area contributed by atoms with Crippen LogP contribution in [0.25, 0.3) is 6.08 Å². The lowest BCUT2D eigenvalue weighted by Gasteiger charge is -2.40. The average Bonchev–Trinajstić information content (AvgIpc) is 2.45. The molecule has 2 rings (SSSR count). The lowest BCUT2D eigenvalue weighted by Crippen LogP contribution is -2.51. The van der Waals surface area contributed by atoms with E-state index in [9.17, 15) is 4.79 Å². The molecule has 21 heavy (non-hydrogen) atoms. The van der Waals surface area contributed by atoms with E-state index in [2.05, 4.69) is 51.7 Å². The van der Waals surface area contributed by atoms with Crippen molar-refractivity contribution in [1.82, 2.24) is 4.90 Å². The van der Waals surface area contributed by atoms with Gasteiger partial charge in [-0.1, -0.05) is 28.9 Å². The van der Waals surface area contributed by atoms with Crippen LogP contribution in [0.1, 0.15) is 19.4 Å². The highest BCUT2D eigenvalue weighted by Crippen LogP contribution is 2.26. The van der Waals surface area contributed by atoms with E-state index in [1.54, 1.807) is 6.08 Å². The van der Waals surface area contributed by atoms with Gasteiger partial charge in [-0.05, 0) is 37.2 Å². The predicted octanol–water partition coefficient (Wildman–Crippen LogP) is 3.08. The maximum Gasteiger partial charge on any atom is 0.328 e. The van der Waals surface area contributed by atoms with E-state index in [1.165, 1.54) is 5.69 Å². The van der Waals surface area contributed by atoms with Crippen molar-refractivity contribution in [1.29, 1.82) is 0 Å². The van der Waals surface area contributed by atoms with Gasteiger partial charge in [-0.3, -0.25) is 4.90 Å². The third kappa shape index (κ3) is 4.08. The Bertz CT molecular complexity index is 545. The molecular weight excluding hydrogens is 332 g/mol. The number of halogens is 1. The van der Waals surface area contributed by atoms with Gasteiger partial charge >= 0.3 is 5.97 Å². The lowest BCUT2D eigenvalue weighted by atomic mass is 10.1. The van der Waals surface area contributed by atoms with Gasteiger partial charge in [-0.25, -0.2) is 4.79 Å². The summed E-state index contributed by atoms with van der Waals surface area (Å²) in [4.78, 5) is 15.4. The minimum absolute atomic E-state index is 0.550. The Hall–Kier alpha value is -1.33. The fraction of sp³-hybridized carbons (Fsp3) is 0.438. The normalized spacial score (nSPS) is 20.1. The first kappa shape index (κ1) is 16.0. The zero-order chi connectivity index (χ0) is 15.4. The van der Waals surface area contributed by atoms with E-state index in [1.807, 2.05) is 6.07 Å². The number of hydrogen-bond acceptors (Lipinski definition) is 3. The minimum Gasteiger partial charge on any atom is -0.478 e. The van der Waals surface area contributed by atoms with Crippen LogP contribution in [0.5, 0.6) is 0 Å². The van der Waals surface area contributed by atoms with Crippen LogP contribution < -0.4 is 4.90 Å². The number of anilines is 1. The highest BCUT2D eigenvalue weighted by molar-refractivity contribution is 9.10. The third-order valence-electron chi connectivity index (χ3n) is 3.93. The van der Waals surface area contributed by atoms with Gasteiger partial charge < -0.3 is 10.0 Å². The molecule has 1 unspecified atom stereocenters. The summed E-state index contributed by atoms with van der Waals surface area (Å²) < 4.78 is 0.920. The Balaban J connectivity index is 2.12. The molecule has 0 aliphatic carbocycles. The van der Waals surface area contributed by atoms with Crippen molar-refractivity contribution in [2.24, 2.45) is 0 Å². The molecule has 4 nitrogen and oxygen atoms in total. The molecule has 0 bridgehead atoms. The van der Waals surface area contributed by atoms with E-state index in [0.29, 0.717) is 6.04 Å². The summed E-state index contributed by atoms with van der Waals surface area (Å²) in [6.45, 7) is 8.67. The summed E-state index contributed by atoms with van der Waals surface area (Å²) in [7, 11) is 0. The molecule has 0 aromatic heterocycles. The molecule has 1 aliphatic heterocycles. The van der Waals surface area contributed by atoms with Gasteiger partial charge in [0.1, 0.15) is 0 Å². The van der Waals surface area contributed by atoms with Crippen LogP contribution in [-0.2, 0) is 4.79 Å². The first-order valence-corrected chi connectivity index (χ1v) is 8.00. The van der Waals surface area contributed by atoms with Gasteiger partial charge in [0, 0.05) is 41.9 Å². The molecule has 114 valence electrons. The molecule has 0 spiro atoms. The third-order valence-corrected chi connectivity index (χ3v) is 4.61. The monoisotopic (exact) mass is 352 g/mol. The number of hydrogen-bond donors (Lipinski definition) is 1. The van der Waals surface area contributed by atoms with Crippen LogP contribution in [0.4, 0.5) is 5.69 Å². The van der Waals surface area contributed by atoms with Gasteiger partial charge in [-0.2, -0.15) is 0 Å². The quantitative estimate of drug-likeness (QED) is 0.845. The van der Waals surface area contributed by atoms with Crippen LogP contribution in [0, 0.1) is 0 Å². The van der Waals surface area contributed by atoms with Crippen LogP contribution in [0.2, 0.25) is 0 Å². The van der Waals surface area contributed by atoms with Gasteiger partial charge in [0.15, 0.2) is 0 Å². The number of benzene rings is 1. The van der Waals surface area contributed by atoms with Gasteiger partial charge in [0.2, 0.25) is 0 Å². The molecule has 1 heterocycles. The number of likely N-dealkylation sites (N-methyl/N-ethyl adjacent to an activating group) is 1. The zero-order valence-electron chi connectivity index (χ0n) is 12.4. The van der Waals surface area contributed by atoms with E-state index in [-0.39, 0.29) is 0 Å². The summed E-state index contributed by atoms with van der Waals surface area (Å²) in [6.07, 6.45) is 2.76. The van der Waals surface area contributed by atoms with E-state index >= 15 is 0 Å². The molecule has 1 aliphatic rings. The summed E-state index contributed by atoms with van der Waals surface area (Å²) in [5.41, 5.74) is 2.05. The smallest absolute Gasteiger partial charge is 0.328 e. The maximum atomic E-state index is 10.6. The summed E-state index contributed by atoms with van der Waals surface area (Å²) in [5, 5.41) is 8.69. The van der Waals surface area contributed by atoms with Crippen molar-refractivity contribution in [3.63, 3.8) is 0 Å². The van der Waals surface area contributed by atoms with Crippen molar-refractivity contribution in [3.8, 4) is 0 Å². The molecule has 1 aromatic carbocycles. The van der Waals surface area contributed by atoms with Crippen molar-refractivity contribution >= 4 is 33.7 Å². The Labute approximate surface area is 134 Å². The number of carboxylic acids is 1. The number of nitrogens with zero attached hydrogens (tertiary/aromatic N) is 2. The molecule has 5 heteroatoms. The lowest BCUT2D eigenvalue weighted by molar-refractivity contribution is -0.131. The molecular formula is C16H21BrN2O2. The van der Waals surface area contributed by atoms with Gasteiger partial charge in [-0.15, -0.1) is 0 Å². The van der Waals surface area contributed by atoms with Crippen molar-refractivity contribution in [2.45, 2.75) is 19.9 Å². The molecule has 1 aromatic rings.